The van der Waals surface area contributed by atoms with Gasteiger partial charge in [-0.15, -0.1) is 0 Å². The first kappa shape index (κ1) is 4.36. The summed E-state index contributed by atoms with van der Waals surface area (Å²) in [4.78, 5) is 15.3. The van der Waals surface area contributed by atoms with Gasteiger partial charge in [0.25, 0.3) is 0 Å². The zero-order valence-electron chi connectivity index (χ0n) is 2.54. The SMILES string of the molecule is OP1(O)(F)OO1. The molecule has 1 aliphatic heterocycles. The van der Waals surface area contributed by atoms with Crippen molar-refractivity contribution < 1.29 is 23.3 Å². The van der Waals surface area contributed by atoms with E-state index in [2.05, 4.69) is 9.35 Å². The zero-order chi connectivity index (χ0) is 4.86. The van der Waals surface area contributed by atoms with Crippen molar-refractivity contribution in [1.29, 1.82) is 0 Å². The molecular formula is H2FO4P. The van der Waals surface area contributed by atoms with Gasteiger partial charge in [-0.3, -0.25) is 0 Å². The van der Waals surface area contributed by atoms with Gasteiger partial charge in [0.1, 0.15) is 0 Å². The van der Waals surface area contributed by atoms with Crippen LogP contribution in [-0.2, 0) is 9.35 Å². The van der Waals surface area contributed by atoms with Crippen molar-refractivity contribution in [2.45, 2.75) is 0 Å². The summed E-state index contributed by atoms with van der Waals surface area (Å²) in [5.41, 5.74) is 0. The van der Waals surface area contributed by atoms with Crippen LogP contribution in [0.15, 0.2) is 0 Å². The first-order valence-electron chi connectivity index (χ1n) is 1.10. The molecule has 6 heavy (non-hydrogen) atoms. The standard InChI is InChI=1S/FH2O4P/c1-6(2,3)4-5-6/h2-3H. The maximum atomic E-state index is 11.3. The molecule has 0 spiro atoms. The Labute approximate surface area is 32.4 Å². The van der Waals surface area contributed by atoms with Gasteiger partial charge < -0.3 is 0 Å². The first-order chi connectivity index (χ1) is 2.47. The second-order valence-corrected chi connectivity index (χ2v) is 2.79. The normalized spacial score (nSPS) is 42.8. The monoisotopic (exact) mass is 116 g/mol. The van der Waals surface area contributed by atoms with Gasteiger partial charge in [-0.25, -0.2) is 0 Å². The third-order valence-electron chi connectivity index (χ3n) is 0.264. The molecule has 6 heteroatoms. The predicted octanol–water partition coefficient (Wildman–Crippen LogP) is 0.0306. The average molecular weight is 116 g/mol. The van der Waals surface area contributed by atoms with E-state index in [-0.39, 0.29) is 0 Å². The molecule has 1 heterocycles. The Hall–Kier alpha value is 0.200. The van der Waals surface area contributed by atoms with Gasteiger partial charge in [0, 0.05) is 0 Å². The minimum absolute atomic E-state index is 3.16. The molecule has 1 fully saturated rings. The molecule has 0 radical (unpaired) electrons. The van der Waals surface area contributed by atoms with Crippen LogP contribution in [-0.4, -0.2) is 9.79 Å². The van der Waals surface area contributed by atoms with E-state index in [0.717, 1.165) is 0 Å². The van der Waals surface area contributed by atoms with Crippen molar-refractivity contribution >= 4 is 7.82 Å². The summed E-state index contributed by atoms with van der Waals surface area (Å²) < 4.78 is 17.6. The molecule has 0 aromatic rings. The summed E-state index contributed by atoms with van der Waals surface area (Å²) in [7, 11) is -5.30. The molecule has 38 valence electrons. The van der Waals surface area contributed by atoms with Crippen LogP contribution in [0.25, 0.3) is 0 Å². The van der Waals surface area contributed by atoms with Crippen molar-refractivity contribution in [3.8, 4) is 0 Å². The molecule has 0 atom stereocenters. The first-order valence-corrected chi connectivity index (χ1v) is 2.97. The van der Waals surface area contributed by atoms with Gasteiger partial charge >= 0.3 is 31.2 Å². The number of halogens is 1. The van der Waals surface area contributed by atoms with Crippen molar-refractivity contribution in [3.63, 3.8) is 0 Å². The van der Waals surface area contributed by atoms with E-state index < -0.39 is 7.82 Å². The Morgan fingerprint density at radius 3 is 1.50 bits per heavy atom. The Morgan fingerprint density at radius 1 is 1.33 bits per heavy atom. The second-order valence-electron chi connectivity index (χ2n) is 0.929. The van der Waals surface area contributed by atoms with E-state index >= 15 is 0 Å². The Balaban J connectivity index is 2.67. The summed E-state index contributed by atoms with van der Waals surface area (Å²) in [6.07, 6.45) is 0. The second kappa shape index (κ2) is 0.616. The predicted molar refractivity (Wildman–Crippen MR) is 14.6 cm³/mol. The molecule has 0 aliphatic carbocycles. The van der Waals surface area contributed by atoms with Crippen LogP contribution in [0.3, 0.4) is 0 Å². The molecule has 0 aromatic carbocycles. The molecule has 0 amide bonds. The topological polar surface area (TPSA) is 65.5 Å². The van der Waals surface area contributed by atoms with E-state index in [1.807, 2.05) is 0 Å². The molecule has 1 aliphatic rings. The van der Waals surface area contributed by atoms with Crippen LogP contribution in [0, 0.1) is 0 Å². The molecule has 0 bridgehead atoms. The Morgan fingerprint density at radius 2 is 1.50 bits per heavy atom. The molecule has 1 saturated heterocycles. The molecule has 2 N–H and O–H groups in total. The number of hydrogen-bond acceptors (Lipinski definition) is 4. The van der Waals surface area contributed by atoms with E-state index in [1.54, 1.807) is 0 Å². The summed E-state index contributed by atoms with van der Waals surface area (Å²) in [5.74, 6) is 0. The van der Waals surface area contributed by atoms with Crippen LogP contribution in [0.5, 0.6) is 0 Å². The number of hydrogen-bond donors (Lipinski definition) is 2. The van der Waals surface area contributed by atoms with Crippen molar-refractivity contribution in [2.75, 3.05) is 0 Å². The van der Waals surface area contributed by atoms with E-state index in [9.17, 15) is 4.20 Å². The fraction of sp³-hybridized carbons (Fsp3) is 0. The molecular weight excluding hydrogens is 114 g/mol. The van der Waals surface area contributed by atoms with E-state index in [4.69, 9.17) is 9.79 Å². The molecule has 4 nitrogen and oxygen atoms in total. The molecule has 0 saturated carbocycles. The van der Waals surface area contributed by atoms with Gasteiger partial charge in [0.2, 0.25) is 0 Å². The summed E-state index contributed by atoms with van der Waals surface area (Å²) in [5, 5.41) is 0. The summed E-state index contributed by atoms with van der Waals surface area (Å²) in [6.45, 7) is 0. The third kappa shape index (κ3) is 0.830. The fourth-order valence-corrected chi connectivity index (χ4v) is 0.382. The molecule has 0 unspecified atom stereocenters. The number of rotatable bonds is 0. The van der Waals surface area contributed by atoms with Crippen LogP contribution in [0.4, 0.5) is 4.20 Å². The molecule has 1 rings (SSSR count). The summed E-state index contributed by atoms with van der Waals surface area (Å²) >= 11 is 0. The van der Waals surface area contributed by atoms with Gasteiger partial charge in [-0.05, 0) is 0 Å². The van der Waals surface area contributed by atoms with Crippen LogP contribution in [0.2, 0.25) is 0 Å². The summed E-state index contributed by atoms with van der Waals surface area (Å²) in [6, 6.07) is 0. The zero-order valence-corrected chi connectivity index (χ0v) is 3.43. The minimum atomic E-state index is -5.30. The Kier molecular flexibility index (Phi) is 0.448. The van der Waals surface area contributed by atoms with Crippen molar-refractivity contribution in [2.24, 2.45) is 0 Å². The van der Waals surface area contributed by atoms with Gasteiger partial charge in [-0.2, -0.15) is 0 Å². The van der Waals surface area contributed by atoms with E-state index in [1.165, 1.54) is 0 Å². The van der Waals surface area contributed by atoms with E-state index in [0.29, 0.717) is 0 Å². The fourth-order valence-electron chi connectivity index (χ4n) is 0.0424. The van der Waals surface area contributed by atoms with Crippen LogP contribution in [0.1, 0.15) is 0 Å². The van der Waals surface area contributed by atoms with Crippen LogP contribution >= 0.6 is 7.82 Å². The quantitative estimate of drug-likeness (QED) is 0.266. The Bertz CT molecular complexity index is 71.3. The third-order valence-corrected chi connectivity index (χ3v) is 0.793. The van der Waals surface area contributed by atoms with Crippen molar-refractivity contribution in [3.05, 3.63) is 0 Å². The molecule has 0 aromatic heterocycles. The van der Waals surface area contributed by atoms with Crippen molar-refractivity contribution in [1.82, 2.24) is 0 Å². The average Bonchev–Trinajstić information content (AvgIpc) is 1.73. The van der Waals surface area contributed by atoms with Gasteiger partial charge in [0.05, 0.1) is 0 Å². The van der Waals surface area contributed by atoms with Gasteiger partial charge in [0.15, 0.2) is 0 Å². The van der Waals surface area contributed by atoms with Gasteiger partial charge in [-0.1, -0.05) is 0 Å². The van der Waals surface area contributed by atoms with Crippen LogP contribution < -0.4 is 0 Å². The maximum absolute atomic E-state index is 11.3.